The van der Waals surface area contributed by atoms with Gasteiger partial charge in [0.1, 0.15) is 5.65 Å². The third-order valence-corrected chi connectivity index (χ3v) is 4.80. The number of hydrogen-bond donors (Lipinski definition) is 2. The summed E-state index contributed by atoms with van der Waals surface area (Å²) >= 11 is 0. The van der Waals surface area contributed by atoms with Crippen molar-refractivity contribution >= 4 is 28.2 Å². The molecule has 0 amide bonds. The summed E-state index contributed by atoms with van der Waals surface area (Å²) in [6, 6.07) is 11.4. The molecule has 5 nitrogen and oxygen atoms in total. The number of pyridine rings is 1. The van der Waals surface area contributed by atoms with Gasteiger partial charge in [0.25, 0.3) is 0 Å². The molecular weight excluding hydrogens is 320 g/mol. The number of nitrogens with one attached hydrogen (secondary N) is 1. The zero-order chi connectivity index (χ0) is 17.3. The van der Waals surface area contributed by atoms with Crippen molar-refractivity contribution in [2.75, 3.05) is 6.26 Å². The molecule has 3 aromatic rings. The molecule has 0 bridgehead atoms. The van der Waals surface area contributed by atoms with Gasteiger partial charge in [-0.1, -0.05) is 12.1 Å². The highest BCUT2D eigenvalue weighted by Gasteiger charge is 2.09. The van der Waals surface area contributed by atoms with Crippen LogP contribution >= 0.6 is 0 Å². The van der Waals surface area contributed by atoms with Crippen LogP contribution in [0.5, 0.6) is 0 Å². The molecule has 1 unspecified atom stereocenters. The van der Waals surface area contributed by atoms with Crippen LogP contribution in [-0.4, -0.2) is 26.1 Å². The Labute approximate surface area is 142 Å². The first-order chi connectivity index (χ1) is 11.5. The summed E-state index contributed by atoms with van der Waals surface area (Å²) < 4.78 is 13.5. The Balaban J connectivity index is 2.14. The summed E-state index contributed by atoms with van der Waals surface area (Å²) in [6.07, 6.45) is 6.66. The quantitative estimate of drug-likeness (QED) is 0.717. The van der Waals surface area contributed by atoms with E-state index in [9.17, 15) is 4.21 Å². The second-order valence-electron chi connectivity index (χ2n) is 5.51. The molecule has 0 aliphatic carbocycles. The monoisotopic (exact) mass is 338 g/mol. The lowest BCUT2D eigenvalue weighted by Crippen LogP contribution is -2.00. The number of fused-ring (bicyclic) bond motifs is 1. The molecule has 1 aromatic carbocycles. The van der Waals surface area contributed by atoms with Gasteiger partial charge < -0.3 is 11.1 Å². The zero-order valence-corrected chi connectivity index (χ0v) is 14.3. The minimum Gasteiger partial charge on any atom is -0.402 e. The first-order valence-electron chi connectivity index (χ1n) is 7.39. The van der Waals surface area contributed by atoms with E-state index in [1.165, 1.54) is 6.21 Å². The summed E-state index contributed by atoms with van der Waals surface area (Å²) in [4.78, 5) is 5.21. The van der Waals surface area contributed by atoms with Crippen molar-refractivity contribution in [2.45, 2.75) is 11.8 Å². The number of rotatable bonds is 4. The molecule has 0 radical (unpaired) electrons. The van der Waals surface area contributed by atoms with Crippen molar-refractivity contribution in [3.05, 3.63) is 60.1 Å². The van der Waals surface area contributed by atoms with Crippen LogP contribution in [0.3, 0.4) is 0 Å². The lowest BCUT2D eigenvalue weighted by Gasteiger charge is -2.08. The van der Waals surface area contributed by atoms with Gasteiger partial charge in [0.15, 0.2) is 0 Å². The van der Waals surface area contributed by atoms with Crippen LogP contribution in [0.2, 0.25) is 0 Å². The molecule has 0 spiro atoms. The number of nitrogens with two attached hydrogens (primary N) is 1. The first-order valence-corrected chi connectivity index (χ1v) is 8.95. The normalized spacial score (nSPS) is 13.6. The average molecular weight is 338 g/mol. The van der Waals surface area contributed by atoms with E-state index in [1.807, 2.05) is 47.0 Å². The van der Waals surface area contributed by atoms with Crippen LogP contribution in [0.1, 0.15) is 12.5 Å². The molecule has 122 valence electrons. The van der Waals surface area contributed by atoms with Crippen molar-refractivity contribution < 1.29 is 4.21 Å². The molecular formula is C18H18N4OS. The van der Waals surface area contributed by atoms with Gasteiger partial charge in [-0.15, -0.1) is 0 Å². The SMILES string of the molecule is CC(N)=C(C=N)c1ccc2ncc(-c3ccc(S(C)=O)cc3)n2c1. The molecule has 0 fully saturated rings. The van der Waals surface area contributed by atoms with Crippen molar-refractivity contribution in [1.29, 1.82) is 5.41 Å². The minimum absolute atomic E-state index is 0.598. The van der Waals surface area contributed by atoms with Crippen LogP contribution < -0.4 is 5.73 Å². The third-order valence-electron chi connectivity index (χ3n) is 3.87. The number of allylic oxidation sites excluding steroid dienone is 2. The van der Waals surface area contributed by atoms with Crippen LogP contribution in [0.25, 0.3) is 22.5 Å². The lowest BCUT2D eigenvalue weighted by atomic mass is 10.1. The Morgan fingerprint density at radius 1 is 1.25 bits per heavy atom. The summed E-state index contributed by atoms with van der Waals surface area (Å²) in [5.74, 6) is 0. The maximum atomic E-state index is 11.5. The van der Waals surface area contributed by atoms with E-state index in [2.05, 4.69) is 4.98 Å². The number of benzene rings is 1. The molecule has 3 rings (SSSR count). The van der Waals surface area contributed by atoms with Crippen LogP contribution in [0.15, 0.2) is 59.4 Å². The Kier molecular flexibility index (Phi) is 4.31. The van der Waals surface area contributed by atoms with Gasteiger partial charge in [-0.25, -0.2) is 4.98 Å². The van der Waals surface area contributed by atoms with E-state index in [4.69, 9.17) is 11.1 Å². The molecule has 2 aromatic heterocycles. The van der Waals surface area contributed by atoms with Crippen molar-refractivity contribution in [3.8, 4) is 11.3 Å². The average Bonchev–Trinajstić information content (AvgIpc) is 2.98. The fraction of sp³-hybridized carbons (Fsp3) is 0.111. The van der Waals surface area contributed by atoms with E-state index < -0.39 is 10.8 Å². The van der Waals surface area contributed by atoms with E-state index in [-0.39, 0.29) is 0 Å². The number of nitrogens with zero attached hydrogens (tertiary/aromatic N) is 2. The number of imidazole rings is 1. The minimum atomic E-state index is -0.995. The molecule has 0 saturated carbocycles. The third kappa shape index (κ3) is 2.88. The molecule has 24 heavy (non-hydrogen) atoms. The van der Waals surface area contributed by atoms with Gasteiger partial charge in [0, 0.05) is 56.8 Å². The molecule has 6 heteroatoms. The largest absolute Gasteiger partial charge is 0.402 e. The van der Waals surface area contributed by atoms with Gasteiger partial charge in [-0.3, -0.25) is 8.61 Å². The van der Waals surface area contributed by atoms with Crippen molar-refractivity contribution in [1.82, 2.24) is 9.38 Å². The second-order valence-corrected chi connectivity index (χ2v) is 6.89. The van der Waals surface area contributed by atoms with Crippen LogP contribution in [0.4, 0.5) is 0 Å². The fourth-order valence-electron chi connectivity index (χ4n) is 2.60. The predicted molar refractivity (Wildman–Crippen MR) is 98.5 cm³/mol. The maximum Gasteiger partial charge on any atom is 0.137 e. The van der Waals surface area contributed by atoms with Gasteiger partial charge in [0.2, 0.25) is 0 Å². The standard InChI is InChI=1S/C18H18N4OS/c1-12(20)16(9-19)14-5-8-18-21-10-17(22(18)11-14)13-3-6-15(7-4-13)24(2)23/h3-11,19H,20H2,1-2H3. The van der Waals surface area contributed by atoms with E-state index in [0.29, 0.717) is 11.3 Å². The molecule has 0 aliphatic heterocycles. The number of hydrogen-bond acceptors (Lipinski definition) is 4. The van der Waals surface area contributed by atoms with Crippen molar-refractivity contribution in [3.63, 3.8) is 0 Å². The molecule has 3 N–H and O–H groups in total. The molecule has 0 saturated heterocycles. The van der Waals surface area contributed by atoms with Crippen molar-refractivity contribution in [2.24, 2.45) is 5.73 Å². The molecule has 2 heterocycles. The predicted octanol–water partition coefficient (Wildman–Crippen LogP) is 3.08. The number of aromatic nitrogens is 2. The van der Waals surface area contributed by atoms with Gasteiger partial charge >= 0.3 is 0 Å². The Morgan fingerprint density at radius 3 is 2.54 bits per heavy atom. The van der Waals surface area contributed by atoms with E-state index in [1.54, 1.807) is 19.4 Å². The lowest BCUT2D eigenvalue weighted by molar-refractivity contribution is 0.687. The Hall–Kier alpha value is -2.73. The summed E-state index contributed by atoms with van der Waals surface area (Å²) in [5.41, 5.74) is 10.7. The van der Waals surface area contributed by atoms with Crippen LogP contribution in [0, 0.1) is 5.41 Å². The highest BCUT2D eigenvalue weighted by molar-refractivity contribution is 7.84. The topological polar surface area (TPSA) is 84.2 Å². The zero-order valence-electron chi connectivity index (χ0n) is 13.5. The van der Waals surface area contributed by atoms with E-state index in [0.717, 1.165) is 27.4 Å². The van der Waals surface area contributed by atoms with Gasteiger partial charge in [0.05, 0.1) is 11.9 Å². The summed E-state index contributed by atoms with van der Waals surface area (Å²) in [7, 11) is -0.995. The molecule has 1 atom stereocenters. The van der Waals surface area contributed by atoms with E-state index >= 15 is 0 Å². The highest BCUT2D eigenvalue weighted by Crippen LogP contribution is 2.24. The summed E-state index contributed by atoms with van der Waals surface area (Å²) in [6.45, 7) is 1.78. The molecule has 0 aliphatic rings. The van der Waals surface area contributed by atoms with Gasteiger partial charge in [-0.05, 0) is 31.2 Å². The summed E-state index contributed by atoms with van der Waals surface area (Å²) in [5, 5.41) is 7.56. The first kappa shape index (κ1) is 16.1. The van der Waals surface area contributed by atoms with Gasteiger partial charge in [-0.2, -0.15) is 0 Å². The Bertz CT molecular complexity index is 966. The highest BCUT2D eigenvalue weighted by atomic mass is 32.2. The smallest absolute Gasteiger partial charge is 0.137 e. The maximum absolute atomic E-state index is 11.5. The Morgan fingerprint density at radius 2 is 1.96 bits per heavy atom. The second kappa shape index (κ2) is 6.41. The van der Waals surface area contributed by atoms with Crippen LogP contribution in [-0.2, 0) is 10.8 Å². The fourth-order valence-corrected chi connectivity index (χ4v) is 3.12.